The monoisotopic (exact) mass is 430 g/mol. The van der Waals surface area contributed by atoms with E-state index in [0.29, 0.717) is 19.8 Å². The van der Waals surface area contributed by atoms with E-state index in [0.717, 1.165) is 24.0 Å². The quantitative estimate of drug-likeness (QED) is 0.294. The van der Waals surface area contributed by atoms with Crippen LogP contribution < -0.4 is 10.8 Å². The molecule has 9 nitrogen and oxygen atoms in total. The first kappa shape index (κ1) is 24.0. The van der Waals surface area contributed by atoms with E-state index in [4.69, 9.17) is 29.4 Å². The summed E-state index contributed by atoms with van der Waals surface area (Å²) >= 11 is 0. The van der Waals surface area contributed by atoms with Gasteiger partial charge in [0.2, 0.25) is 0 Å². The van der Waals surface area contributed by atoms with E-state index in [2.05, 4.69) is 10.8 Å². The van der Waals surface area contributed by atoms with Crippen molar-refractivity contribution in [3.63, 3.8) is 0 Å². The molecule has 0 aliphatic carbocycles. The third-order valence-electron chi connectivity index (χ3n) is 4.44. The summed E-state index contributed by atoms with van der Waals surface area (Å²) < 4.78 is 5.39. The summed E-state index contributed by atoms with van der Waals surface area (Å²) in [7, 11) is 0. The predicted octanol–water partition coefficient (Wildman–Crippen LogP) is 1.73. The largest absolute Gasteiger partial charge is 0.473 e. The van der Waals surface area contributed by atoms with Gasteiger partial charge in [-0.2, -0.15) is 5.48 Å². The summed E-state index contributed by atoms with van der Waals surface area (Å²) in [6.45, 7) is 1.53. The average molecular weight is 430 g/mol. The van der Waals surface area contributed by atoms with Gasteiger partial charge in [-0.1, -0.05) is 60.7 Å². The van der Waals surface area contributed by atoms with Crippen LogP contribution >= 0.6 is 0 Å². The van der Waals surface area contributed by atoms with Crippen molar-refractivity contribution in [1.29, 1.82) is 0 Å². The van der Waals surface area contributed by atoms with Gasteiger partial charge in [-0.15, -0.1) is 0 Å². The fraction of sp³-hybridized carbons (Fsp3) is 0.318. The molecule has 0 aromatic heterocycles. The Morgan fingerprint density at radius 2 is 1.42 bits per heavy atom. The lowest BCUT2D eigenvalue weighted by Gasteiger charge is -2.28. The molecular formula is C22H26N2O7. The van der Waals surface area contributed by atoms with Gasteiger partial charge in [0.25, 0.3) is 0 Å². The molecule has 2 atom stereocenters. The zero-order valence-electron chi connectivity index (χ0n) is 16.9. The number of benzene rings is 2. The number of carboxylic acids is 2. The summed E-state index contributed by atoms with van der Waals surface area (Å²) in [4.78, 5) is 35.9. The molecule has 9 heteroatoms. The molecule has 0 amide bonds. The fourth-order valence-corrected chi connectivity index (χ4v) is 2.80. The minimum Gasteiger partial charge on any atom is -0.473 e. The maximum absolute atomic E-state index is 12.1. The molecule has 31 heavy (non-hydrogen) atoms. The Labute approximate surface area is 179 Å². The molecule has 1 fully saturated rings. The molecule has 166 valence electrons. The van der Waals surface area contributed by atoms with Crippen LogP contribution in [0, 0.1) is 0 Å². The zero-order valence-corrected chi connectivity index (χ0v) is 16.9. The van der Waals surface area contributed by atoms with Crippen molar-refractivity contribution in [3.8, 4) is 0 Å². The second kappa shape index (κ2) is 13.1. The molecule has 0 spiro atoms. The first-order chi connectivity index (χ1) is 15.0. The van der Waals surface area contributed by atoms with Crippen molar-refractivity contribution in [2.24, 2.45) is 0 Å². The first-order valence-corrected chi connectivity index (χ1v) is 9.77. The number of esters is 1. The standard InChI is InChI=1S/C20H24N2O3.C2H2O4/c23-20(24-14-16-7-3-1-4-8-16)19-12-11-18(13-21-19)22-25-15-17-9-5-2-6-10-17;3-1(4)2(5)6/h1-10,18-19,21-22H,11-15H2;(H,3,4)(H,5,6). The van der Waals surface area contributed by atoms with E-state index in [9.17, 15) is 4.79 Å². The van der Waals surface area contributed by atoms with E-state index < -0.39 is 11.9 Å². The smallest absolute Gasteiger partial charge is 0.414 e. The molecule has 4 N–H and O–H groups in total. The van der Waals surface area contributed by atoms with E-state index in [1.54, 1.807) is 0 Å². The van der Waals surface area contributed by atoms with E-state index in [1.807, 2.05) is 60.7 Å². The molecule has 0 bridgehead atoms. The maximum atomic E-state index is 12.1. The summed E-state index contributed by atoms with van der Waals surface area (Å²) in [5, 5.41) is 18.0. The number of carbonyl (C=O) groups excluding carboxylic acids is 1. The highest BCUT2D eigenvalue weighted by atomic mass is 16.6. The highest BCUT2D eigenvalue weighted by molar-refractivity contribution is 6.27. The lowest BCUT2D eigenvalue weighted by atomic mass is 10.0. The lowest BCUT2D eigenvalue weighted by Crippen LogP contribution is -2.51. The second-order valence-corrected chi connectivity index (χ2v) is 6.83. The van der Waals surface area contributed by atoms with Crippen LogP contribution in [0.25, 0.3) is 0 Å². The normalized spacial score (nSPS) is 17.7. The van der Waals surface area contributed by atoms with Gasteiger partial charge in [-0.25, -0.2) is 9.59 Å². The number of ether oxygens (including phenoxy) is 1. The predicted molar refractivity (Wildman–Crippen MR) is 111 cm³/mol. The zero-order chi connectivity index (χ0) is 22.5. The highest BCUT2D eigenvalue weighted by Gasteiger charge is 2.26. The van der Waals surface area contributed by atoms with Crippen molar-refractivity contribution in [2.75, 3.05) is 6.54 Å². The number of hydrogen-bond acceptors (Lipinski definition) is 7. The highest BCUT2D eigenvalue weighted by Crippen LogP contribution is 2.11. The Kier molecular flexibility index (Phi) is 10.2. The van der Waals surface area contributed by atoms with Crippen LogP contribution in [-0.4, -0.2) is 46.7 Å². The van der Waals surface area contributed by atoms with Gasteiger partial charge in [-0.05, 0) is 24.0 Å². The van der Waals surface area contributed by atoms with Gasteiger partial charge in [0.15, 0.2) is 0 Å². The van der Waals surface area contributed by atoms with Gasteiger partial charge in [0.05, 0.1) is 6.61 Å². The Morgan fingerprint density at radius 1 is 0.871 bits per heavy atom. The number of hydrogen-bond donors (Lipinski definition) is 4. The Balaban J connectivity index is 0.000000501. The molecule has 3 rings (SSSR count). The van der Waals surface area contributed by atoms with Crippen LogP contribution in [0.5, 0.6) is 0 Å². The van der Waals surface area contributed by atoms with Crippen LogP contribution in [0.3, 0.4) is 0 Å². The van der Waals surface area contributed by atoms with Gasteiger partial charge in [0.1, 0.15) is 12.6 Å². The molecular weight excluding hydrogens is 404 g/mol. The summed E-state index contributed by atoms with van der Waals surface area (Å²) in [6, 6.07) is 19.7. The van der Waals surface area contributed by atoms with Crippen LogP contribution in [0.4, 0.5) is 0 Å². The van der Waals surface area contributed by atoms with E-state index in [-0.39, 0.29) is 18.1 Å². The molecule has 1 aliphatic rings. The summed E-state index contributed by atoms with van der Waals surface area (Å²) in [6.07, 6.45) is 1.60. The first-order valence-electron chi connectivity index (χ1n) is 9.77. The molecule has 0 saturated carbocycles. The average Bonchev–Trinajstić information content (AvgIpc) is 2.80. The Hall–Kier alpha value is -3.27. The molecule has 0 radical (unpaired) electrons. The Morgan fingerprint density at radius 3 is 1.90 bits per heavy atom. The summed E-state index contributed by atoms with van der Waals surface area (Å²) in [5.74, 6) is -3.84. The maximum Gasteiger partial charge on any atom is 0.414 e. The topological polar surface area (TPSA) is 134 Å². The molecule has 2 unspecified atom stereocenters. The Bertz CT molecular complexity index is 810. The molecule has 2 aromatic carbocycles. The minimum absolute atomic E-state index is 0.187. The van der Waals surface area contributed by atoms with Gasteiger partial charge < -0.3 is 20.3 Å². The molecule has 1 heterocycles. The van der Waals surface area contributed by atoms with Crippen LogP contribution in [0.15, 0.2) is 60.7 Å². The van der Waals surface area contributed by atoms with Crippen molar-refractivity contribution < 1.29 is 34.2 Å². The number of carboxylic acid groups (broad SMARTS) is 2. The van der Waals surface area contributed by atoms with Crippen molar-refractivity contribution in [1.82, 2.24) is 10.8 Å². The van der Waals surface area contributed by atoms with Crippen molar-refractivity contribution >= 4 is 17.9 Å². The number of piperidine rings is 1. The van der Waals surface area contributed by atoms with Crippen LogP contribution in [-0.2, 0) is 37.2 Å². The third kappa shape index (κ3) is 9.39. The van der Waals surface area contributed by atoms with Crippen molar-refractivity contribution in [2.45, 2.75) is 38.1 Å². The van der Waals surface area contributed by atoms with Crippen molar-refractivity contribution in [3.05, 3.63) is 71.8 Å². The number of hydroxylamine groups is 1. The van der Waals surface area contributed by atoms with E-state index in [1.165, 1.54) is 0 Å². The van der Waals surface area contributed by atoms with Gasteiger partial charge in [0, 0.05) is 12.6 Å². The molecule has 1 aliphatic heterocycles. The van der Waals surface area contributed by atoms with Crippen LogP contribution in [0.1, 0.15) is 24.0 Å². The third-order valence-corrected chi connectivity index (χ3v) is 4.44. The second-order valence-electron chi connectivity index (χ2n) is 6.83. The van der Waals surface area contributed by atoms with Gasteiger partial charge in [-0.3, -0.25) is 9.63 Å². The minimum atomic E-state index is -1.82. The summed E-state index contributed by atoms with van der Waals surface area (Å²) in [5.41, 5.74) is 5.20. The SMILES string of the molecule is O=C(O)C(=O)O.O=C(OCc1ccccc1)C1CCC(NOCc2ccccc2)CN1. The fourth-order valence-electron chi connectivity index (χ4n) is 2.80. The number of aliphatic carboxylic acids is 2. The number of nitrogens with one attached hydrogen (secondary N) is 2. The number of rotatable bonds is 7. The van der Waals surface area contributed by atoms with Gasteiger partial charge >= 0.3 is 17.9 Å². The van der Waals surface area contributed by atoms with E-state index >= 15 is 0 Å². The van der Waals surface area contributed by atoms with Crippen LogP contribution in [0.2, 0.25) is 0 Å². The number of carbonyl (C=O) groups is 3. The molecule has 1 saturated heterocycles. The molecule has 2 aromatic rings. The lowest BCUT2D eigenvalue weighted by molar-refractivity contribution is -0.159.